The van der Waals surface area contributed by atoms with Gasteiger partial charge in [0.1, 0.15) is 6.26 Å². The molecular formula is C26H16N2OS. The molecule has 3 heterocycles. The normalized spacial score (nSPS) is 11.3. The van der Waals surface area contributed by atoms with Crippen molar-refractivity contribution in [2.24, 2.45) is 0 Å². The van der Waals surface area contributed by atoms with E-state index in [-0.39, 0.29) is 0 Å². The van der Waals surface area contributed by atoms with Crippen molar-refractivity contribution in [3.63, 3.8) is 0 Å². The van der Waals surface area contributed by atoms with Crippen LogP contribution >= 0.6 is 11.3 Å². The third-order valence-corrected chi connectivity index (χ3v) is 6.44. The Morgan fingerprint density at radius 1 is 0.667 bits per heavy atom. The zero-order chi connectivity index (χ0) is 19.9. The molecule has 0 atom stereocenters. The number of aromatic nitrogens is 2. The molecule has 6 rings (SSSR count). The van der Waals surface area contributed by atoms with Crippen molar-refractivity contribution in [2.75, 3.05) is 0 Å². The van der Waals surface area contributed by atoms with Crippen LogP contribution in [0, 0.1) is 0 Å². The Kier molecular flexibility index (Phi) is 3.96. The van der Waals surface area contributed by atoms with Gasteiger partial charge in [0.05, 0.1) is 16.8 Å². The lowest BCUT2D eigenvalue weighted by atomic mass is 10.0. The van der Waals surface area contributed by atoms with E-state index in [1.165, 1.54) is 20.3 Å². The number of thiophene rings is 1. The Hall–Kier alpha value is -3.76. The average molecular weight is 404 g/mol. The van der Waals surface area contributed by atoms with E-state index in [4.69, 9.17) is 9.40 Å². The smallest absolute Gasteiger partial charge is 0.225 e. The summed E-state index contributed by atoms with van der Waals surface area (Å²) < 4.78 is 6.66. The van der Waals surface area contributed by atoms with Gasteiger partial charge in [-0.25, -0.2) is 4.98 Å². The first kappa shape index (κ1) is 17.1. The predicted molar refractivity (Wildman–Crippen MR) is 123 cm³/mol. The van der Waals surface area contributed by atoms with Crippen molar-refractivity contribution in [1.82, 2.24) is 9.97 Å². The fourth-order valence-corrected chi connectivity index (χ4v) is 4.77. The molecule has 0 spiro atoms. The minimum absolute atomic E-state index is 0.637. The summed E-state index contributed by atoms with van der Waals surface area (Å²) in [5.74, 6) is 0.637. The largest absolute Gasteiger partial charge is 0.445 e. The summed E-state index contributed by atoms with van der Waals surface area (Å²) in [7, 11) is 0. The molecule has 0 saturated carbocycles. The lowest BCUT2D eigenvalue weighted by Gasteiger charge is -2.06. The molecule has 142 valence electrons. The summed E-state index contributed by atoms with van der Waals surface area (Å²) in [6.07, 6.45) is 5.22. The first-order valence-electron chi connectivity index (χ1n) is 9.73. The van der Waals surface area contributed by atoms with Crippen LogP contribution in [0.25, 0.3) is 54.0 Å². The molecule has 3 nitrogen and oxygen atoms in total. The second kappa shape index (κ2) is 6.94. The van der Waals surface area contributed by atoms with Gasteiger partial charge < -0.3 is 4.42 Å². The van der Waals surface area contributed by atoms with E-state index in [9.17, 15) is 0 Å². The van der Waals surface area contributed by atoms with Gasteiger partial charge in [0.2, 0.25) is 5.89 Å². The number of fused-ring (bicyclic) bond motifs is 2. The summed E-state index contributed by atoms with van der Waals surface area (Å²) >= 11 is 1.78. The highest BCUT2D eigenvalue weighted by atomic mass is 32.1. The molecule has 0 amide bonds. The van der Waals surface area contributed by atoms with Crippen molar-refractivity contribution in [3.8, 4) is 33.2 Å². The van der Waals surface area contributed by atoms with Crippen molar-refractivity contribution >= 4 is 32.2 Å². The average Bonchev–Trinajstić information content (AvgIpc) is 3.49. The first-order chi connectivity index (χ1) is 14.8. The highest BCUT2D eigenvalue weighted by Crippen LogP contribution is 2.34. The van der Waals surface area contributed by atoms with Crippen molar-refractivity contribution < 1.29 is 4.42 Å². The third kappa shape index (κ3) is 2.98. The van der Waals surface area contributed by atoms with E-state index < -0.39 is 0 Å². The second-order valence-electron chi connectivity index (χ2n) is 7.19. The van der Waals surface area contributed by atoms with E-state index in [0.717, 1.165) is 27.8 Å². The summed E-state index contributed by atoms with van der Waals surface area (Å²) in [5, 5.41) is 3.59. The van der Waals surface area contributed by atoms with Gasteiger partial charge in [-0.1, -0.05) is 42.5 Å². The molecule has 0 N–H and O–H groups in total. The summed E-state index contributed by atoms with van der Waals surface area (Å²) in [4.78, 5) is 10.1. The molecule has 0 aliphatic heterocycles. The van der Waals surface area contributed by atoms with Crippen LogP contribution in [0.5, 0.6) is 0 Å². The molecule has 0 aliphatic rings. The van der Waals surface area contributed by atoms with Crippen molar-refractivity contribution in [2.45, 2.75) is 0 Å². The van der Waals surface area contributed by atoms with E-state index in [2.05, 4.69) is 71.7 Å². The Bertz CT molecular complexity index is 1450. The van der Waals surface area contributed by atoms with Crippen LogP contribution in [0.1, 0.15) is 0 Å². The van der Waals surface area contributed by atoms with Gasteiger partial charge in [-0.05, 0) is 58.3 Å². The van der Waals surface area contributed by atoms with Crippen LogP contribution in [0.3, 0.4) is 0 Å². The van der Waals surface area contributed by atoms with Crippen molar-refractivity contribution in [3.05, 3.63) is 97.5 Å². The van der Waals surface area contributed by atoms with Crippen LogP contribution < -0.4 is 0 Å². The number of benzene rings is 3. The molecule has 0 fully saturated rings. The summed E-state index contributed by atoms with van der Waals surface area (Å²) in [5.41, 5.74) is 4.31. The number of hydrogen-bond donors (Lipinski definition) is 0. The van der Waals surface area contributed by atoms with Crippen LogP contribution in [0.4, 0.5) is 0 Å². The predicted octanol–water partition coefficient (Wildman–Crippen LogP) is 7.44. The quantitative estimate of drug-likeness (QED) is 0.308. The fourth-order valence-electron chi connectivity index (χ4n) is 3.74. The highest BCUT2D eigenvalue weighted by molar-refractivity contribution is 7.22. The Balaban J connectivity index is 1.35. The molecule has 3 aromatic heterocycles. The van der Waals surface area contributed by atoms with Crippen molar-refractivity contribution in [1.29, 1.82) is 0 Å². The van der Waals surface area contributed by atoms with Gasteiger partial charge in [-0.2, -0.15) is 0 Å². The molecule has 3 aromatic carbocycles. The lowest BCUT2D eigenvalue weighted by molar-refractivity contribution is 0.574. The SMILES string of the molecule is c1ccc2sc(-c3cc4ccc(-c5ccc(-c6ncco6)cc5)cc4cn3)cc2c1. The molecule has 0 saturated heterocycles. The Morgan fingerprint density at radius 2 is 1.50 bits per heavy atom. The minimum atomic E-state index is 0.637. The van der Waals surface area contributed by atoms with E-state index in [0.29, 0.717) is 5.89 Å². The highest BCUT2D eigenvalue weighted by Gasteiger charge is 2.08. The number of hydrogen-bond acceptors (Lipinski definition) is 4. The van der Waals surface area contributed by atoms with Crippen LogP contribution in [0.15, 0.2) is 102 Å². The van der Waals surface area contributed by atoms with E-state index >= 15 is 0 Å². The van der Waals surface area contributed by atoms with Gasteiger partial charge in [0.15, 0.2) is 0 Å². The zero-order valence-corrected chi connectivity index (χ0v) is 16.8. The molecule has 0 aliphatic carbocycles. The van der Waals surface area contributed by atoms with Crippen LogP contribution in [0.2, 0.25) is 0 Å². The van der Waals surface area contributed by atoms with Crippen LogP contribution in [-0.4, -0.2) is 9.97 Å². The monoisotopic (exact) mass is 404 g/mol. The maximum absolute atomic E-state index is 5.37. The zero-order valence-electron chi connectivity index (χ0n) is 15.9. The van der Waals surface area contributed by atoms with Gasteiger partial charge >= 0.3 is 0 Å². The molecule has 0 unspecified atom stereocenters. The number of pyridine rings is 1. The van der Waals surface area contributed by atoms with Crippen LogP contribution in [-0.2, 0) is 0 Å². The molecular weight excluding hydrogens is 388 g/mol. The standard InChI is InChI=1S/C26H16N2OS/c1-2-4-24-21(3-1)15-25(30-24)23-14-20-10-9-19(13-22(20)16-28-23)17-5-7-18(8-6-17)26-27-11-12-29-26/h1-16H. The maximum Gasteiger partial charge on any atom is 0.225 e. The number of rotatable bonds is 3. The van der Waals surface area contributed by atoms with E-state index in [1.54, 1.807) is 23.8 Å². The Labute approximate surface area is 177 Å². The topological polar surface area (TPSA) is 38.9 Å². The second-order valence-corrected chi connectivity index (χ2v) is 8.28. The van der Waals surface area contributed by atoms with E-state index in [1.807, 2.05) is 18.3 Å². The molecule has 30 heavy (non-hydrogen) atoms. The number of nitrogens with zero attached hydrogens (tertiary/aromatic N) is 2. The van der Waals surface area contributed by atoms with Gasteiger partial charge in [-0.3, -0.25) is 4.98 Å². The first-order valence-corrected chi connectivity index (χ1v) is 10.5. The summed E-state index contributed by atoms with van der Waals surface area (Å²) in [6.45, 7) is 0. The fraction of sp³-hybridized carbons (Fsp3) is 0. The molecule has 0 bridgehead atoms. The lowest BCUT2D eigenvalue weighted by Crippen LogP contribution is -1.84. The number of oxazole rings is 1. The third-order valence-electron chi connectivity index (χ3n) is 5.30. The molecule has 4 heteroatoms. The maximum atomic E-state index is 5.37. The summed E-state index contributed by atoms with van der Waals surface area (Å²) in [6, 6.07) is 27.6. The minimum Gasteiger partial charge on any atom is -0.445 e. The van der Waals surface area contributed by atoms with Gasteiger partial charge in [-0.15, -0.1) is 11.3 Å². The van der Waals surface area contributed by atoms with Gasteiger partial charge in [0.25, 0.3) is 0 Å². The molecule has 6 aromatic rings. The van der Waals surface area contributed by atoms with Gasteiger partial charge in [0, 0.05) is 21.8 Å². The molecule has 0 radical (unpaired) electrons. The Morgan fingerprint density at radius 3 is 2.33 bits per heavy atom.